The molecule has 6 nitrogen and oxygen atoms in total. The Morgan fingerprint density at radius 2 is 1.92 bits per heavy atom. The SMILES string of the molecule is C=C(C)/C=C(\C=C/C)N(C(=O)CNc1ncccc1F)C(C(=O)NC1CC2CC2C1)c1ccccc1C. The van der Waals surface area contributed by atoms with Crippen molar-refractivity contribution in [1.82, 2.24) is 15.2 Å². The number of aromatic nitrogens is 1. The molecule has 0 bridgehead atoms. The van der Waals surface area contributed by atoms with Crippen LogP contribution >= 0.6 is 0 Å². The van der Waals surface area contributed by atoms with Gasteiger partial charge in [-0.2, -0.15) is 0 Å². The number of carbonyl (C=O) groups excluding carboxylic acids is 2. The number of nitrogens with zero attached hydrogens (tertiary/aromatic N) is 2. The third kappa shape index (κ3) is 6.34. The second-order valence-electron chi connectivity index (χ2n) is 10.1. The molecule has 2 aromatic rings. The van der Waals surface area contributed by atoms with Gasteiger partial charge in [0.2, 0.25) is 11.8 Å². The highest BCUT2D eigenvalue weighted by Crippen LogP contribution is 2.51. The molecule has 0 spiro atoms. The summed E-state index contributed by atoms with van der Waals surface area (Å²) in [5.41, 5.74) is 2.89. The predicted molar refractivity (Wildman–Crippen MR) is 144 cm³/mol. The van der Waals surface area contributed by atoms with E-state index in [1.807, 2.05) is 51.1 Å². The van der Waals surface area contributed by atoms with Gasteiger partial charge in [-0.1, -0.05) is 42.5 Å². The molecular weight excluding hydrogens is 467 g/mol. The van der Waals surface area contributed by atoms with Gasteiger partial charge in [0.15, 0.2) is 11.6 Å². The Labute approximate surface area is 218 Å². The molecule has 0 aliphatic heterocycles. The Balaban J connectivity index is 1.72. The zero-order valence-electron chi connectivity index (χ0n) is 21.7. The van der Waals surface area contributed by atoms with Gasteiger partial charge in [-0.3, -0.25) is 14.5 Å². The van der Waals surface area contributed by atoms with E-state index in [1.165, 1.54) is 29.7 Å². The second kappa shape index (κ2) is 11.5. The van der Waals surface area contributed by atoms with Gasteiger partial charge in [-0.05, 0) is 87.3 Å². The number of pyridine rings is 1. The van der Waals surface area contributed by atoms with E-state index in [0.29, 0.717) is 17.5 Å². The molecule has 194 valence electrons. The van der Waals surface area contributed by atoms with Crippen LogP contribution in [0.15, 0.2) is 78.7 Å². The third-order valence-corrected chi connectivity index (χ3v) is 7.02. The average molecular weight is 503 g/mol. The van der Waals surface area contributed by atoms with Gasteiger partial charge in [0.25, 0.3) is 0 Å². The van der Waals surface area contributed by atoms with E-state index in [0.717, 1.165) is 29.5 Å². The number of fused-ring (bicyclic) bond motifs is 1. The quantitative estimate of drug-likeness (QED) is 0.423. The molecule has 0 saturated heterocycles. The van der Waals surface area contributed by atoms with Crippen molar-refractivity contribution in [3.63, 3.8) is 0 Å². The Morgan fingerprint density at radius 3 is 2.57 bits per heavy atom. The number of rotatable bonds is 10. The minimum absolute atomic E-state index is 0.0191. The van der Waals surface area contributed by atoms with Gasteiger partial charge in [0.05, 0.1) is 6.54 Å². The van der Waals surface area contributed by atoms with E-state index >= 15 is 0 Å². The van der Waals surface area contributed by atoms with E-state index in [2.05, 4.69) is 22.2 Å². The van der Waals surface area contributed by atoms with Crippen molar-refractivity contribution < 1.29 is 14.0 Å². The van der Waals surface area contributed by atoms with Gasteiger partial charge >= 0.3 is 0 Å². The molecular formula is C30H35FN4O2. The summed E-state index contributed by atoms with van der Waals surface area (Å²) in [6.45, 7) is 9.36. The zero-order valence-corrected chi connectivity index (χ0v) is 21.7. The van der Waals surface area contributed by atoms with E-state index in [9.17, 15) is 14.0 Å². The molecule has 1 aromatic heterocycles. The third-order valence-electron chi connectivity index (χ3n) is 7.02. The number of hydrogen-bond donors (Lipinski definition) is 2. The highest BCUT2D eigenvalue weighted by atomic mass is 19.1. The van der Waals surface area contributed by atoms with Crippen molar-refractivity contribution in [2.75, 3.05) is 11.9 Å². The second-order valence-corrected chi connectivity index (χ2v) is 10.1. The molecule has 2 N–H and O–H groups in total. The maximum absolute atomic E-state index is 14.2. The molecule has 1 aromatic carbocycles. The molecule has 2 aliphatic carbocycles. The summed E-state index contributed by atoms with van der Waals surface area (Å²) in [7, 11) is 0. The van der Waals surface area contributed by atoms with Crippen LogP contribution in [-0.4, -0.2) is 34.3 Å². The highest BCUT2D eigenvalue weighted by molar-refractivity contribution is 5.92. The molecule has 0 radical (unpaired) electrons. The van der Waals surface area contributed by atoms with Gasteiger partial charge in [0, 0.05) is 17.9 Å². The van der Waals surface area contributed by atoms with Crippen LogP contribution in [0.1, 0.15) is 50.3 Å². The number of anilines is 1. The number of aryl methyl sites for hydroxylation is 1. The molecule has 2 aliphatic rings. The lowest BCUT2D eigenvalue weighted by Gasteiger charge is -2.34. The first kappa shape index (κ1) is 26.3. The first-order chi connectivity index (χ1) is 17.8. The number of carbonyl (C=O) groups is 2. The van der Waals surface area contributed by atoms with Crippen molar-refractivity contribution in [1.29, 1.82) is 0 Å². The number of hydrogen-bond acceptors (Lipinski definition) is 4. The molecule has 2 amide bonds. The fourth-order valence-electron chi connectivity index (χ4n) is 5.22. The number of nitrogens with one attached hydrogen (secondary N) is 2. The maximum Gasteiger partial charge on any atom is 0.248 e. The highest BCUT2D eigenvalue weighted by Gasteiger charge is 2.47. The predicted octanol–water partition coefficient (Wildman–Crippen LogP) is 5.46. The summed E-state index contributed by atoms with van der Waals surface area (Å²) in [5, 5.41) is 6.04. The largest absolute Gasteiger partial charge is 0.359 e. The molecule has 3 unspecified atom stereocenters. The Bertz CT molecular complexity index is 1230. The van der Waals surface area contributed by atoms with Crippen LogP contribution in [0.3, 0.4) is 0 Å². The minimum Gasteiger partial charge on any atom is -0.359 e. The van der Waals surface area contributed by atoms with E-state index < -0.39 is 17.8 Å². The molecule has 2 saturated carbocycles. The van der Waals surface area contributed by atoms with E-state index in [1.54, 1.807) is 12.2 Å². The average Bonchev–Trinajstić information content (AvgIpc) is 3.47. The van der Waals surface area contributed by atoms with Gasteiger partial charge in [-0.15, -0.1) is 0 Å². The lowest BCUT2D eigenvalue weighted by molar-refractivity contribution is -0.137. The monoisotopic (exact) mass is 502 g/mol. The Kier molecular flexibility index (Phi) is 8.21. The number of halogens is 1. The summed E-state index contributed by atoms with van der Waals surface area (Å²) in [6, 6.07) is 9.55. The van der Waals surface area contributed by atoms with Crippen LogP contribution in [0.4, 0.5) is 10.2 Å². The molecule has 7 heteroatoms. The molecule has 1 heterocycles. The lowest BCUT2D eigenvalue weighted by Crippen LogP contribution is -2.47. The Hall–Kier alpha value is -3.74. The topological polar surface area (TPSA) is 74.3 Å². The van der Waals surface area contributed by atoms with Crippen molar-refractivity contribution in [2.24, 2.45) is 11.8 Å². The van der Waals surface area contributed by atoms with Crippen molar-refractivity contribution in [3.05, 3.63) is 95.6 Å². The normalized spacial score (nSPS) is 21.3. The minimum atomic E-state index is -0.914. The summed E-state index contributed by atoms with van der Waals surface area (Å²) >= 11 is 0. The van der Waals surface area contributed by atoms with Crippen molar-refractivity contribution >= 4 is 17.6 Å². The van der Waals surface area contributed by atoms with Crippen LogP contribution in [0.25, 0.3) is 0 Å². The van der Waals surface area contributed by atoms with Gasteiger partial charge in [-0.25, -0.2) is 9.37 Å². The fourth-order valence-corrected chi connectivity index (χ4v) is 5.22. The molecule has 4 rings (SSSR count). The number of allylic oxidation sites excluding steroid dienone is 4. The molecule has 3 atom stereocenters. The first-order valence-corrected chi connectivity index (χ1v) is 12.8. The fraction of sp³-hybridized carbons (Fsp3) is 0.367. The number of amides is 2. The smallest absolute Gasteiger partial charge is 0.248 e. The van der Waals surface area contributed by atoms with E-state index in [4.69, 9.17) is 0 Å². The standard InChI is InChI=1S/C30H35FN4O2/c1-5-9-24(14-19(2)3)35(27(36)18-33-29-26(31)12-8-13-32-29)28(25-11-7-6-10-20(25)4)30(37)34-23-16-21-15-22(21)17-23/h5-14,21-23,28H,2,15-18H2,1,3-4H3,(H,32,33)(H,34,37)/b9-5-,24-14+. The summed E-state index contributed by atoms with van der Waals surface area (Å²) in [6.07, 6.45) is 10.1. The van der Waals surface area contributed by atoms with Crippen molar-refractivity contribution in [2.45, 2.75) is 52.1 Å². The van der Waals surface area contributed by atoms with Gasteiger partial charge < -0.3 is 10.6 Å². The van der Waals surface area contributed by atoms with Crippen LogP contribution in [0.5, 0.6) is 0 Å². The van der Waals surface area contributed by atoms with Crippen LogP contribution < -0.4 is 10.6 Å². The number of benzene rings is 1. The molecule has 2 fully saturated rings. The van der Waals surface area contributed by atoms with Crippen LogP contribution in [-0.2, 0) is 9.59 Å². The summed E-state index contributed by atoms with van der Waals surface area (Å²) in [5.74, 6) is 0.220. The summed E-state index contributed by atoms with van der Waals surface area (Å²) < 4.78 is 14.2. The van der Waals surface area contributed by atoms with Crippen molar-refractivity contribution in [3.8, 4) is 0 Å². The van der Waals surface area contributed by atoms with Gasteiger partial charge in [0.1, 0.15) is 6.04 Å². The van der Waals surface area contributed by atoms with E-state index in [-0.39, 0.29) is 24.3 Å². The zero-order chi connectivity index (χ0) is 26.5. The van der Waals surface area contributed by atoms with Crippen LogP contribution in [0, 0.1) is 24.6 Å². The maximum atomic E-state index is 14.2. The lowest BCUT2D eigenvalue weighted by atomic mass is 9.97. The van der Waals surface area contributed by atoms with Crippen LogP contribution in [0.2, 0.25) is 0 Å². The summed E-state index contributed by atoms with van der Waals surface area (Å²) in [4.78, 5) is 33.3. The molecule has 37 heavy (non-hydrogen) atoms. The Morgan fingerprint density at radius 1 is 1.19 bits per heavy atom. The first-order valence-electron chi connectivity index (χ1n) is 12.8.